The van der Waals surface area contributed by atoms with Crippen LogP contribution in [-0.4, -0.2) is 33.5 Å². The van der Waals surface area contributed by atoms with Gasteiger partial charge in [0.25, 0.3) is 5.69 Å². The van der Waals surface area contributed by atoms with Crippen molar-refractivity contribution < 1.29 is 13.3 Å². The Hall–Kier alpha value is -1.22. The second kappa shape index (κ2) is 7.53. The van der Waals surface area contributed by atoms with Gasteiger partial charge < -0.3 is 5.32 Å². The molecule has 0 spiro atoms. The van der Waals surface area contributed by atoms with Gasteiger partial charge in [0.15, 0.2) is 4.90 Å². The lowest BCUT2D eigenvalue weighted by Gasteiger charge is -2.09. The molecule has 0 fully saturated rings. The Morgan fingerprint density at radius 1 is 1.20 bits per heavy atom. The summed E-state index contributed by atoms with van der Waals surface area (Å²) in [6.07, 6.45) is 0. The fourth-order valence-corrected chi connectivity index (χ4v) is 2.79. The van der Waals surface area contributed by atoms with Crippen LogP contribution in [-0.2, 0) is 10.0 Å². The second-order valence-electron chi connectivity index (χ2n) is 4.16. The molecular weight excluding hydrogens is 306 g/mol. The Balaban J connectivity index is 0.00000361. The van der Waals surface area contributed by atoms with Crippen molar-refractivity contribution in [1.82, 2.24) is 10.0 Å². The molecule has 0 aliphatic carbocycles. The predicted octanol–water partition coefficient (Wildman–Crippen LogP) is 1.13. The number of nitrogens with zero attached hydrogens (tertiary/aromatic N) is 1. The van der Waals surface area contributed by atoms with Crippen molar-refractivity contribution in [3.8, 4) is 0 Å². The van der Waals surface area contributed by atoms with Crippen molar-refractivity contribution >= 4 is 28.1 Å². The standard InChI is InChI=1S/C11H17N3O4S.ClH/c1-8-6-10(14(15)16)11(7-9(8)2)19(17,18)13-5-4-12-3;/h6-7,12-13H,4-5H2,1-3H3;1H. The SMILES string of the molecule is CNCCNS(=O)(=O)c1cc(C)c(C)cc1[N+](=O)[O-].Cl. The molecule has 7 nitrogen and oxygen atoms in total. The van der Waals surface area contributed by atoms with Crippen molar-refractivity contribution in [2.75, 3.05) is 20.1 Å². The number of aryl methyl sites for hydroxylation is 2. The smallest absolute Gasteiger partial charge is 0.289 e. The number of benzene rings is 1. The van der Waals surface area contributed by atoms with E-state index in [9.17, 15) is 18.5 Å². The maximum atomic E-state index is 12.1. The number of hydrogen-bond donors (Lipinski definition) is 2. The van der Waals surface area contributed by atoms with Gasteiger partial charge in [-0.1, -0.05) is 0 Å². The minimum atomic E-state index is -3.88. The van der Waals surface area contributed by atoms with Crippen LogP contribution in [0.1, 0.15) is 11.1 Å². The van der Waals surface area contributed by atoms with Crippen molar-refractivity contribution in [3.63, 3.8) is 0 Å². The largest absolute Gasteiger partial charge is 0.318 e. The van der Waals surface area contributed by atoms with Crippen LogP contribution in [0.25, 0.3) is 0 Å². The average Bonchev–Trinajstić information content (AvgIpc) is 2.31. The van der Waals surface area contributed by atoms with Crippen LogP contribution in [0.3, 0.4) is 0 Å². The molecule has 0 saturated heterocycles. The zero-order valence-electron chi connectivity index (χ0n) is 11.5. The molecule has 0 unspecified atom stereocenters. The van der Waals surface area contributed by atoms with E-state index in [1.165, 1.54) is 12.1 Å². The van der Waals surface area contributed by atoms with Crippen molar-refractivity contribution in [2.24, 2.45) is 0 Å². The third-order valence-corrected chi connectivity index (χ3v) is 4.22. The first-order chi connectivity index (χ1) is 8.79. The normalized spacial score (nSPS) is 10.9. The molecule has 0 bridgehead atoms. The monoisotopic (exact) mass is 323 g/mol. The summed E-state index contributed by atoms with van der Waals surface area (Å²) in [6.45, 7) is 4.03. The van der Waals surface area contributed by atoms with Crippen molar-refractivity contribution in [2.45, 2.75) is 18.7 Å². The van der Waals surface area contributed by atoms with E-state index in [4.69, 9.17) is 0 Å². The number of nitrogens with one attached hydrogen (secondary N) is 2. The first kappa shape index (κ1) is 18.8. The van der Waals surface area contributed by atoms with E-state index in [2.05, 4.69) is 10.0 Å². The van der Waals surface area contributed by atoms with Gasteiger partial charge in [-0.15, -0.1) is 12.4 Å². The number of likely N-dealkylation sites (N-methyl/N-ethyl adjacent to an activating group) is 1. The van der Waals surface area contributed by atoms with E-state index in [-0.39, 0.29) is 23.8 Å². The first-order valence-corrected chi connectivity index (χ1v) is 7.18. The summed E-state index contributed by atoms with van der Waals surface area (Å²) in [5, 5.41) is 13.8. The van der Waals surface area contributed by atoms with Crippen LogP contribution in [0.5, 0.6) is 0 Å². The highest BCUT2D eigenvalue weighted by molar-refractivity contribution is 7.89. The number of sulfonamides is 1. The maximum absolute atomic E-state index is 12.1. The van der Waals surface area contributed by atoms with Crippen LogP contribution in [0.4, 0.5) is 5.69 Å². The van der Waals surface area contributed by atoms with Gasteiger partial charge in [0.1, 0.15) is 0 Å². The molecule has 114 valence electrons. The van der Waals surface area contributed by atoms with E-state index in [0.717, 1.165) is 0 Å². The van der Waals surface area contributed by atoms with E-state index < -0.39 is 20.6 Å². The molecule has 1 aromatic carbocycles. The highest BCUT2D eigenvalue weighted by Gasteiger charge is 2.26. The van der Waals surface area contributed by atoms with Gasteiger partial charge in [-0.2, -0.15) is 0 Å². The fraction of sp³-hybridized carbons (Fsp3) is 0.455. The summed E-state index contributed by atoms with van der Waals surface area (Å²) in [7, 11) is -2.19. The minimum Gasteiger partial charge on any atom is -0.318 e. The molecule has 9 heteroatoms. The summed E-state index contributed by atoms with van der Waals surface area (Å²) in [5.41, 5.74) is 0.973. The zero-order chi connectivity index (χ0) is 14.6. The highest BCUT2D eigenvalue weighted by Crippen LogP contribution is 2.26. The van der Waals surface area contributed by atoms with Crippen LogP contribution in [0, 0.1) is 24.0 Å². The summed E-state index contributed by atoms with van der Waals surface area (Å²) in [4.78, 5) is 9.99. The average molecular weight is 324 g/mol. The van der Waals surface area contributed by atoms with E-state index in [1.807, 2.05) is 0 Å². The van der Waals surface area contributed by atoms with Crippen LogP contribution < -0.4 is 10.0 Å². The molecular formula is C11H18ClN3O4S. The molecule has 2 N–H and O–H groups in total. The fourth-order valence-electron chi connectivity index (χ4n) is 1.52. The van der Waals surface area contributed by atoms with Gasteiger partial charge in [0, 0.05) is 19.2 Å². The predicted molar refractivity (Wildman–Crippen MR) is 78.9 cm³/mol. The van der Waals surface area contributed by atoms with Gasteiger partial charge in [0.2, 0.25) is 10.0 Å². The lowest BCUT2D eigenvalue weighted by atomic mass is 10.1. The van der Waals surface area contributed by atoms with Crippen LogP contribution in [0.15, 0.2) is 17.0 Å². The zero-order valence-corrected chi connectivity index (χ0v) is 13.1. The third kappa shape index (κ3) is 4.41. The molecule has 0 amide bonds. The van der Waals surface area contributed by atoms with Gasteiger partial charge in [-0.3, -0.25) is 10.1 Å². The first-order valence-electron chi connectivity index (χ1n) is 5.69. The van der Waals surface area contributed by atoms with E-state index >= 15 is 0 Å². The number of hydrogen-bond acceptors (Lipinski definition) is 5. The number of halogens is 1. The van der Waals surface area contributed by atoms with Gasteiger partial charge >= 0.3 is 0 Å². The van der Waals surface area contributed by atoms with E-state index in [0.29, 0.717) is 17.7 Å². The van der Waals surface area contributed by atoms with Gasteiger partial charge in [-0.25, -0.2) is 13.1 Å². The molecule has 1 aromatic rings. The Bertz CT molecular complexity index is 590. The molecule has 0 aliphatic heterocycles. The third-order valence-electron chi connectivity index (χ3n) is 2.73. The van der Waals surface area contributed by atoms with E-state index in [1.54, 1.807) is 20.9 Å². The quantitative estimate of drug-likeness (QED) is 0.464. The maximum Gasteiger partial charge on any atom is 0.289 e. The molecule has 20 heavy (non-hydrogen) atoms. The Kier molecular flexibility index (Phi) is 7.07. The lowest BCUT2D eigenvalue weighted by Crippen LogP contribution is -2.31. The van der Waals surface area contributed by atoms with Crippen LogP contribution >= 0.6 is 12.4 Å². The number of nitro benzene ring substituents is 1. The molecule has 0 aliphatic rings. The summed E-state index contributed by atoms with van der Waals surface area (Å²) in [6, 6.07) is 2.61. The van der Waals surface area contributed by atoms with Crippen LogP contribution in [0.2, 0.25) is 0 Å². The molecule has 0 saturated carbocycles. The van der Waals surface area contributed by atoms with Crippen molar-refractivity contribution in [3.05, 3.63) is 33.4 Å². The molecule has 0 atom stereocenters. The van der Waals surface area contributed by atoms with Gasteiger partial charge in [0.05, 0.1) is 4.92 Å². The topological polar surface area (TPSA) is 101 Å². The highest BCUT2D eigenvalue weighted by atomic mass is 35.5. The molecule has 1 rings (SSSR count). The number of nitro groups is 1. The number of rotatable bonds is 6. The lowest BCUT2D eigenvalue weighted by molar-refractivity contribution is -0.387. The summed E-state index contributed by atoms with van der Waals surface area (Å²) in [5.74, 6) is 0. The second-order valence-corrected chi connectivity index (χ2v) is 5.90. The molecule has 0 aromatic heterocycles. The summed E-state index contributed by atoms with van der Waals surface area (Å²) >= 11 is 0. The van der Waals surface area contributed by atoms with Crippen molar-refractivity contribution in [1.29, 1.82) is 0 Å². The Labute approximate surface area is 124 Å². The Morgan fingerprint density at radius 2 is 1.75 bits per heavy atom. The molecule has 0 heterocycles. The molecule has 0 radical (unpaired) electrons. The van der Waals surface area contributed by atoms with Gasteiger partial charge in [-0.05, 0) is 38.1 Å². The minimum absolute atomic E-state index is 0. The summed E-state index contributed by atoms with van der Waals surface area (Å²) < 4.78 is 26.4. The Morgan fingerprint density at radius 3 is 2.25 bits per heavy atom.